The van der Waals surface area contributed by atoms with Crippen LogP contribution in [0.15, 0.2) is 85.1 Å². The molecule has 0 radical (unpaired) electrons. The van der Waals surface area contributed by atoms with E-state index in [0.717, 1.165) is 70.6 Å². The minimum Gasteiger partial charge on any atom is -0.756 e. The number of quaternary nitrogens is 1. The first-order valence-electron chi connectivity index (χ1n) is 36.4. The maximum Gasteiger partial charge on any atom is 0.268 e. The standard InChI is InChI=1S/C76H141N2O6P/c1-6-8-10-12-14-16-18-20-22-24-26-28-30-32-34-36-38-40-41-43-45-47-49-51-53-55-57-59-61-63-65-67-69-75(79)74(73-84-85(81,82)83-72-71-78(3,4)5)77-76(80)70-68-66-64-62-60-58-56-54-52-50-48-46-44-42-39-37-35-33-31-29-27-25-23-21-19-17-15-13-11-9-7-2/h9,11,15,17,21,23,27,29,51,53,59,61,67,69,74-75,79H,6-8,10,12-14,16,18-20,22,24-26,28,30-50,52,54-58,60,62-66,68,70-73H2,1-5H3,(H-,77,80,81,82)/b11-9-,17-15-,23-21-,29-27-,53-51+,61-59+,69-67+. The fraction of sp³-hybridized carbons (Fsp3) is 0.803. The molecule has 8 nitrogen and oxygen atoms in total. The summed E-state index contributed by atoms with van der Waals surface area (Å²) in [5.41, 5.74) is 0. The SMILES string of the molecule is CC/C=C\C/C=C\C/C=C\C/C=C\CCCCCCCCCCCCCCCCCCCCC(=O)NC(COP(=O)([O-])OCC[N+](C)(C)C)C(O)/C=C/CC/C=C/CC/C=C/CCCCCCCCCCCCCCCCCCCCCCCC. The van der Waals surface area contributed by atoms with Gasteiger partial charge in [-0.15, -0.1) is 0 Å². The summed E-state index contributed by atoms with van der Waals surface area (Å²) in [5.74, 6) is -0.208. The van der Waals surface area contributed by atoms with Gasteiger partial charge in [-0.2, -0.15) is 0 Å². The summed E-state index contributed by atoms with van der Waals surface area (Å²) < 4.78 is 23.5. The van der Waals surface area contributed by atoms with Crippen molar-refractivity contribution in [2.24, 2.45) is 0 Å². The van der Waals surface area contributed by atoms with Crippen molar-refractivity contribution in [3.05, 3.63) is 85.1 Å². The van der Waals surface area contributed by atoms with Gasteiger partial charge in [0.15, 0.2) is 0 Å². The number of likely N-dealkylation sites (N-methyl/N-ethyl adjacent to an activating group) is 1. The van der Waals surface area contributed by atoms with E-state index in [0.29, 0.717) is 17.4 Å². The number of phosphoric ester groups is 1. The van der Waals surface area contributed by atoms with Crippen LogP contribution in [-0.2, 0) is 18.4 Å². The van der Waals surface area contributed by atoms with Crippen molar-refractivity contribution in [2.75, 3.05) is 40.9 Å². The van der Waals surface area contributed by atoms with Gasteiger partial charge >= 0.3 is 0 Å². The number of nitrogens with one attached hydrogen (secondary N) is 1. The third-order valence-corrected chi connectivity index (χ3v) is 17.3. The maximum absolute atomic E-state index is 13.0. The number of carbonyl (C=O) groups excluding carboxylic acids is 1. The number of phosphoric acid groups is 1. The summed E-state index contributed by atoms with van der Waals surface area (Å²) >= 11 is 0. The third kappa shape index (κ3) is 69.0. The topological polar surface area (TPSA) is 108 Å². The molecule has 0 aliphatic heterocycles. The zero-order valence-electron chi connectivity index (χ0n) is 56.8. The van der Waals surface area contributed by atoms with Gasteiger partial charge in [-0.25, -0.2) is 0 Å². The molecule has 2 N–H and O–H groups in total. The highest BCUT2D eigenvalue weighted by Gasteiger charge is 2.23. The zero-order chi connectivity index (χ0) is 61.9. The molecule has 0 saturated carbocycles. The van der Waals surface area contributed by atoms with Crippen LogP contribution in [0.3, 0.4) is 0 Å². The lowest BCUT2D eigenvalue weighted by Gasteiger charge is -2.29. The fourth-order valence-electron chi connectivity index (χ4n) is 10.7. The minimum atomic E-state index is -4.62. The molecule has 3 atom stereocenters. The molecule has 0 aromatic carbocycles. The van der Waals surface area contributed by atoms with Crippen LogP contribution in [0.1, 0.15) is 341 Å². The molecule has 0 heterocycles. The van der Waals surface area contributed by atoms with Gasteiger partial charge in [-0.3, -0.25) is 9.36 Å². The van der Waals surface area contributed by atoms with Crippen molar-refractivity contribution in [1.29, 1.82) is 0 Å². The predicted octanol–water partition coefficient (Wildman–Crippen LogP) is 22.9. The number of amides is 1. The number of carbonyl (C=O) groups is 1. The Hall–Kier alpha value is -2.32. The third-order valence-electron chi connectivity index (χ3n) is 16.3. The molecule has 1 amide bonds. The van der Waals surface area contributed by atoms with Gasteiger partial charge in [-0.05, 0) is 83.5 Å². The fourth-order valence-corrected chi connectivity index (χ4v) is 11.4. The second kappa shape index (κ2) is 66.1. The van der Waals surface area contributed by atoms with E-state index in [1.54, 1.807) is 6.08 Å². The van der Waals surface area contributed by atoms with E-state index in [-0.39, 0.29) is 12.5 Å². The maximum atomic E-state index is 13.0. The van der Waals surface area contributed by atoms with Crippen molar-refractivity contribution in [1.82, 2.24) is 5.32 Å². The Bertz CT molecular complexity index is 1660. The zero-order valence-corrected chi connectivity index (χ0v) is 57.7. The van der Waals surface area contributed by atoms with Crippen molar-refractivity contribution in [2.45, 2.75) is 353 Å². The number of allylic oxidation sites excluding steroid dienone is 13. The molecule has 0 aliphatic carbocycles. The van der Waals surface area contributed by atoms with E-state index in [4.69, 9.17) is 9.05 Å². The Kier molecular flexibility index (Phi) is 64.3. The van der Waals surface area contributed by atoms with Gasteiger partial charge in [0.05, 0.1) is 39.9 Å². The Balaban J connectivity index is 4.10. The Morgan fingerprint density at radius 1 is 0.424 bits per heavy atom. The molecule has 0 aromatic heterocycles. The molecule has 0 rings (SSSR count). The summed E-state index contributed by atoms with van der Waals surface area (Å²) in [6.07, 6.45) is 94.4. The average Bonchev–Trinajstić information content (AvgIpc) is 3.49. The molecule has 0 spiro atoms. The van der Waals surface area contributed by atoms with Gasteiger partial charge in [0.1, 0.15) is 13.2 Å². The first-order valence-corrected chi connectivity index (χ1v) is 37.9. The average molecular weight is 1210 g/mol. The summed E-state index contributed by atoms with van der Waals surface area (Å²) in [4.78, 5) is 25.6. The molecule has 9 heteroatoms. The highest BCUT2D eigenvalue weighted by molar-refractivity contribution is 7.45. The molecular formula is C76H141N2O6P. The normalized spacial score (nSPS) is 14.1. The minimum absolute atomic E-state index is 0.0105. The molecule has 3 unspecified atom stereocenters. The van der Waals surface area contributed by atoms with Gasteiger partial charge < -0.3 is 28.8 Å². The van der Waals surface area contributed by atoms with E-state index in [1.807, 2.05) is 27.2 Å². The molecule has 85 heavy (non-hydrogen) atoms. The lowest BCUT2D eigenvalue weighted by molar-refractivity contribution is -0.870. The second-order valence-electron chi connectivity index (χ2n) is 25.9. The van der Waals surface area contributed by atoms with Crippen LogP contribution >= 0.6 is 7.82 Å². The quantitative estimate of drug-likeness (QED) is 0.0272. The Labute approximate surface area is 528 Å². The summed E-state index contributed by atoms with van der Waals surface area (Å²) in [6.45, 7) is 4.55. The van der Waals surface area contributed by atoms with Crippen molar-refractivity contribution < 1.29 is 32.9 Å². The lowest BCUT2D eigenvalue weighted by Crippen LogP contribution is -2.45. The first kappa shape index (κ1) is 82.7. The van der Waals surface area contributed by atoms with E-state index in [9.17, 15) is 19.4 Å². The van der Waals surface area contributed by atoms with Crippen LogP contribution in [-0.4, -0.2) is 68.5 Å². The number of nitrogens with zero attached hydrogens (tertiary/aromatic N) is 1. The molecule has 0 saturated heterocycles. The van der Waals surface area contributed by atoms with E-state index < -0.39 is 26.6 Å². The number of unbranched alkanes of at least 4 members (excludes halogenated alkanes) is 42. The van der Waals surface area contributed by atoms with Gasteiger partial charge in [0, 0.05) is 6.42 Å². The molecular weight excluding hydrogens is 1070 g/mol. The Morgan fingerprint density at radius 2 is 0.729 bits per heavy atom. The lowest BCUT2D eigenvalue weighted by atomic mass is 10.0. The van der Waals surface area contributed by atoms with Crippen molar-refractivity contribution in [3.8, 4) is 0 Å². The summed E-state index contributed by atoms with van der Waals surface area (Å²) in [7, 11) is 1.24. The molecule has 0 aromatic rings. The van der Waals surface area contributed by atoms with E-state index >= 15 is 0 Å². The van der Waals surface area contributed by atoms with Crippen LogP contribution in [0, 0.1) is 0 Å². The highest BCUT2D eigenvalue weighted by Crippen LogP contribution is 2.38. The van der Waals surface area contributed by atoms with Crippen molar-refractivity contribution >= 4 is 13.7 Å². The van der Waals surface area contributed by atoms with E-state index in [2.05, 4.69) is 92.1 Å². The number of hydrogen-bond acceptors (Lipinski definition) is 6. The summed E-state index contributed by atoms with van der Waals surface area (Å²) in [5, 5.41) is 13.9. The van der Waals surface area contributed by atoms with Gasteiger partial charge in [-0.1, -0.05) is 336 Å². The van der Waals surface area contributed by atoms with Crippen LogP contribution < -0.4 is 10.2 Å². The number of rotatable bonds is 67. The molecule has 0 fully saturated rings. The van der Waals surface area contributed by atoms with Gasteiger partial charge in [0.25, 0.3) is 7.82 Å². The highest BCUT2D eigenvalue weighted by atomic mass is 31.2. The van der Waals surface area contributed by atoms with Crippen LogP contribution in [0.5, 0.6) is 0 Å². The largest absolute Gasteiger partial charge is 0.756 e. The Morgan fingerprint density at radius 3 is 1.09 bits per heavy atom. The summed E-state index contributed by atoms with van der Waals surface area (Å²) in [6, 6.07) is -0.915. The number of aliphatic hydroxyl groups excluding tert-OH is 1. The molecule has 0 aliphatic rings. The molecule has 0 bridgehead atoms. The number of hydrogen-bond donors (Lipinski definition) is 2. The first-order chi connectivity index (χ1) is 41.5. The van der Waals surface area contributed by atoms with Crippen LogP contribution in [0.2, 0.25) is 0 Å². The molecule has 496 valence electrons. The van der Waals surface area contributed by atoms with Gasteiger partial charge in [0.2, 0.25) is 5.91 Å². The number of aliphatic hydroxyl groups is 1. The van der Waals surface area contributed by atoms with Crippen molar-refractivity contribution in [3.63, 3.8) is 0 Å². The monoisotopic (exact) mass is 1210 g/mol. The smallest absolute Gasteiger partial charge is 0.268 e. The van der Waals surface area contributed by atoms with Crippen LogP contribution in [0.4, 0.5) is 0 Å². The predicted molar refractivity (Wildman–Crippen MR) is 371 cm³/mol. The van der Waals surface area contributed by atoms with Crippen LogP contribution in [0.25, 0.3) is 0 Å². The second-order valence-corrected chi connectivity index (χ2v) is 27.3. The van der Waals surface area contributed by atoms with E-state index in [1.165, 1.54) is 250 Å².